The van der Waals surface area contributed by atoms with Crippen molar-refractivity contribution in [2.75, 3.05) is 25.0 Å². The summed E-state index contributed by atoms with van der Waals surface area (Å²) in [5, 5.41) is 0. The Labute approximate surface area is 203 Å². The van der Waals surface area contributed by atoms with Crippen molar-refractivity contribution in [1.82, 2.24) is 9.21 Å². The third-order valence-corrected chi connectivity index (χ3v) is 10.1. The number of anilines is 1. The molecule has 0 radical (unpaired) electrons. The highest BCUT2D eigenvalue weighted by Gasteiger charge is 2.41. The first-order valence-corrected chi connectivity index (χ1v) is 14.4. The van der Waals surface area contributed by atoms with Crippen molar-refractivity contribution in [2.24, 2.45) is 11.8 Å². The minimum atomic E-state index is -3.70. The normalized spacial score (nSPS) is 26.4. The molecule has 8 heteroatoms. The molecule has 1 aromatic carbocycles. The molecule has 7 nitrogen and oxygen atoms in total. The van der Waals surface area contributed by atoms with E-state index in [1.54, 1.807) is 18.2 Å². The molecule has 3 fully saturated rings. The molecule has 0 spiro atoms. The lowest BCUT2D eigenvalue weighted by Crippen LogP contribution is -2.48. The van der Waals surface area contributed by atoms with Crippen LogP contribution < -0.4 is 4.90 Å². The van der Waals surface area contributed by atoms with Gasteiger partial charge in [-0.2, -0.15) is 4.31 Å². The van der Waals surface area contributed by atoms with Gasteiger partial charge in [0.15, 0.2) is 0 Å². The van der Waals surface area contributed by atoms with E-state index in [1.165, 1.54) is 10.7 Å². The van der Waals surface area contributed by atoms with E-state index in [0.29, 0.717) is 19.4 Å². The second-order valence-electron chi connectivity index (χ2n) is 10.8. The van der Waals surface area contributed by atoms with Crippen LogP contribution in [0.15, 0.2) is 23.1 Å². The minimum Gasteiger partial charge on any atom is -0.342 e. The van der Waals surface area contributed by atoms with Crippen LogP contribution in [0, 0.1) is 11.8 Å². The number of benzene rings is 1. The van der Waals surface area contributed by atoms with Crippen LogP contribution >= 0.6 is 0 Å². The summed E-state index contributed by atoms with van der Waals surface area (Å²) in [5.74, 6) is 0.105. The SMILES string of the molecule is CC1Cc2cc(S(=O)(=O)N3CCCC(C(=O)N(C)C4CCCCC4)C3)ccc2N1C(=O)C1CC1. The zero-order valence-corrected chi connectivity index (χ0v) is 21.2. The first-order valence-electron chi connectivity index (χ1n) is 13.0. The Balaban J connectivity index is 1.31. The predicted octanol–water partition coefficient (Wildman–Crippen LogP) is 3.57. The van der Waals surface area contributed by atoms with Crippen LogP contribution in [-0.4, -0.2) is 61.7 Å². The molecule has 0 aromatic heterocycles. The summed E-state index contributed by atoms with van der Waals surface area (Å²) < 4.78 is 28.6. The molecular weight excluding hydrogens is 450 g/mol. The van der Waals surface area contributed by atoms with Crippen LogP contribution in [0.4, 0.5) is 5.69 Å². The molecule has 2 amide bonds. The van der Waals surface area contributed by atoms with E-state index in [-0.39, 0.29) is 47.2 Å². The summed E-state index contributed by atoms with van der Waals surface area (Å²) in [6.07, 6.45) is 9.66. The topological polar surface area (TPSA) is 78.0 Å². The number of sulfonamides is 1. The quantitative estimate of drug-likeness (QED) is 0.636. The molecule has 2 heterocycles. The lowest BCUT2D eigenvalue weighted by molar-refractivity contribution is -0.138. The summed E-state index contributed by atoms with van der Waals surface area (Å²) in [7, 11) is -1.81. The van der Waals surface area contributed by atoms with Crippen LogP contribution in [0.2, 0.25) is 0 Å². The van der Waals surface area contributed by atoms with E-state index < -0.39 is 10.0 Å². The average molecular weight is 488 g/mol. The van der Waals surface area contributed by atoms with Gasteiger partial charge in [0.05, 0.1) is 10.8 Å². The van der Waals surface area contributed by atoms with Crippen molar-refractivity contribution in [2.45, 2.75) is 88.1 Å². The second kappa shape index (κ2) is 9.26. The third-order valence-electron chi connectivity index (χ3n) is 8.27. The van der Waals surface area contributed by atoms with E-state index in [0.717, 1.165) is 56.2 Å². The molecule has 4 aliphatic rings. The van der Waals surface area contributed by atoms with Gasteiger partial charge < -0.3 is 9.80 Å². The Hall–Kier alpha value is -1.93. The lowest BCUT2D eigenvalue weighted by Gasteiger charge is -2.37. The average Bonchev–Trinajstić information content (AvgIpc) is 3.65. The fraction of sp³-hybridized carbons (Fsp3) is 0.692. The van der Waals surface area contributed by atoms with Crippen molar-refractivity contribution in [3.8, 4) is 0 Å². The monoisotopic (exact) mass is 487 g/mol. The first kappa shape index (κ1) is 23.8. The maximum atomic E-state index is 13.6. The molecule has 0 N–H and O–H groups in total. The van der Waals surface area contributed by atoms with Crippen LogP contribution in [0.25, 0.3) is 0 Å². The molecule has 2 saturated carbocycles. The van der Waals surface area contributed by atoms with Gasteiger partial charge in [0.2, 0.25) is 21.8 Å². The van der Waals surface area contributed by atoms with Gasteiger partial charge in [-0.3, -0.25) is 9.59 Å². The highest BCUT2D eigenvalue weighted by atomic mass is 32.2. The summed E-state index contributed by atoms with van der Waals surface area (Å²) >= 11 is 0. The van der Waals surface area contributed by atoms with Crippen molar-refractivity contribution in [3.63, 3.8) is 0 Å². The molecule has 186 valence electrons. The van der Waals surface area contributed by atoms with Gasteiger partial charge in [-0.05, 0) is 75.6 Å². The Morgan fingerprint density at radius 1 is 0.971 bits per heavy atom. The van der Waals surface area contributed by atoms with Crippen molar-refractivity contribution < 1.29 is 18.0 Å². The largest absolute Gasteiger partial charge is 0.342 e. The molecule has 2 unspecified atom stereocenters. The fourth-order valence-electron chi connectivity index (χ4n) is 6.08. The molecule has 0 bridgehead atoms. The Morgan fingerprint density at radius 2 is 1.71 bits per heavy atom. The zero-order chi connectivity index (χ0) is 24.0. The van der Waals surface area contributed by atoms with E-state index >= 15 is 0 Å². The molecule has 34 heavy (non-hydrogen) atoms. The molecule has 1 aromatic rings. The van der Waals surface area contributed by atoms with Crippen molar-refractivity contribution in [1.29, 1.82) is 0 Å². The van der Waals surface area contributed by atoms with Gasteiger partial charge in [-0.1, -0.05) is 19.3 Å². The second-order valence-corrected chi connectivity index (χ2v) is 12.7. The van der Waals surface area contributed by atoms with Gasteiger partial charge in [-0.15, -0.1) is 0 Å². The number of carbonyl (C=O) groups is 2. The third kappa shape index (κ3) is 4.39. The van der Waals surface area contributed by atoms with Gasteiger partial charge >= 0.3 is 0 Å². The lowest BCUT2D eigenvalue weighted by atomic mass is 9.92. The molecule has 2 aliphatic carbocycles. The molecule has 1 saturated heterocycles. The number of amides is 2. The summed E-state index contributed by atoms with van der Waals surface area (Å²) in [6, 6.07) is 5.52. The first-order chi connectivity index (χ1) is 16.3. The van der Waals surface area contributed by atoms with Crippen LogP contribution in [0.5, 0.6) is 0 Å². The van der Waals surface area contributed by atoms with Crippen molar-refractivity contribution >= 4 is 27.5 Å². The molecule has 5 rings (SSSR count). The molecular formula is C26H37N3O4S. The molecule has 2 atom stereocenters. The van der Waals surface area contributed by atoms with E-state index in [4.69, 9.17) is 0 Å². The number of carbonyl (C=O) groups excluding carboxylic acids is 2. The van der Waals surface area contributed by atoms with E-state index in [2.05, 4.69) is 0 Å². The van der Waals surface area contributed by atoms with Gasteiger partial charge in [0.1, 0.15) is 0 Å². The van der Waals surface area contributed by atoms with E-state index in [9.17, 15) is 18.0 Å². The minimum absolute atomic E-state index is 0.0494. The zero-order valence-electron chi connectivity index (χ0n) is 20.4. The summed E-state index contributed by atoms with van der Waals surface area (Å²) in [4.78, 5) is 30.0. The number of piperidine rings is 1. The van der Waals surface area contributed by atoms with Crippen LogP contribution in [0.1, 0.15) is 70.3 Å². The maximum absolute atomic E-state index is 13.6. The predicted molar refractivity (Wildman–Crippen MR) is 131 cm³/mol. The Kier molecular flexibility index (Phi) is 6.48. The van der Waals surface area contributed by atoms with Crippen LogP contribution in [-0.2, 0) is 26.0 Å². The summed E-state index contributed by atoms with van der Waals surface area (Å²) in [5.41, 5.74) is 1.77. The number of nitrogens with zero attached hydrogens (tertiary/aromatic N) is 3. The standard InChI is InChI=1S/C26H37N3O4S/c1-18-15-21-16-23(12-13-24(21)29(18)26(31)19-10-11-19)34(32,33)28-14-6-7-20(17-28)25(30)27(2)22-8-4-3-5-9-22/h12-13,16,18-20,22H,3-11,14-15,17H2,1-2H3. The Bertz CT molecular complexity index is 1060. The fourth-order valence-corrected chi connectivity index (χ4v) is 7.65. The summed E-state index contributed by atoms with van der Waals surface area (Å²) in [6.45, 7) is 2.72. The number of fused-ring (bicyclic) bond motifs is 1. The molecule has 2 aliphatic heterocycles. The smallest absolute Gasteiger partial charge is 0.243 e. The Morgan fingerprint density at radius 3 is 2.41 bits per heavy atom. The highest BCUT2D eigenvalue weighted by molar-refractivity contribution is 7.89. The van der Waals surface area contributed by atoms with Gasteiger partial charge in [0, 0.05) is 43.8 Å². The highest BCUT2D eigenvalue weighted by Crippen LogP contribution is 2.40. The van der Waals surface area contributed by atoms with E-state index in [1.807, 2.05) is 23.8 Å². The number of hydrogen-bond acceptors (Lipinski definition) is 4. The van der Waals surface area contributed by atoms with Gasteiger partial charge in [0.25, 0.3) is 0 Å². The maximum Gasteiger partial charge on any atom is 0.243 e. The van der Waals surface area contributed by atoms with Crippen LogP contribution in [0.3, 0.4) is 0 Å². The number of hydrogen-bond donors (Lipinski definition) is 0. The van der Waals surface area contributed by atoms with Crippen molar-refractivity contribution in [3.05, 3.63) is 23.8 Å². The van der Waals surface area contributed by atoms with Gasteiger partial charge in [-0.25, -0.2) is 8.42 Å². The number of rotatable bonds is 5.